The maximum Gasteiger partial charge on any atom is 0.256 e. The highest BCUT2D eigenvalue weighted by Crippen LogP contribution is 2.27. The Bertz CT molecular complexity index is 630. The van der Waals surface area contributed by atoms with Crippen LogP contribution in [-0.2, 0) is 4.79 Å². The molecule has 0 aromatic heterocycles. The van der Waals surface area contributed by atoms with Gasteiger partial charge < -0.3 is 15.5 Å². The van der Waals surface area contributed by atoms with E-state index in [9.17, 15) is 9.59 Å². The lowest BCUT2D eigenvalue weighted by molar-refractivity contribution is -0.123. The number of halogens is 3. The third kappa shape index (κ3) is 5.03. The first-order valence-corrected chi connectivity index (χ1v) is 9.56. The van der Waals surface area contributed by atoms with Crippen molar-refractivity contribution < 1.29 is 9.59 Å². The van der Waals surface area contributed by atoms with Gasteiger partial charge in [-0.15, -0.1) is 12.4 Å². The van der Waals surface area contributed by atoms with E-state index in [4.69, 9.17) is 23.2 Å². The number of hydrogen-bond acceptors (Lipinski definition) is 3. The highest BCUT2D eigenvalue weighted by atomic mass is 35.5. The second-order valence-corrected chi connectivity index (χ2v) is 7.56. The topological polar surface area (TPSA) is 61.4 Å². The van der Waals surface area contributed by atoms with Crippen molar-refractivity contribution in [1.29, 1.82) is 0 Å². The van der Waals surface area contributed by atoms with Gasteiger partial charge in [0, 0.05) is 19.6 Å². The van der Waals surface area contributed by atoms with E-state index in [0.717, 1.165) is 32.2 Å². The summed E-state index contributed by atoms with van der Waals surface area (Å²) in [4.78, 5) is 26.7. The monoisotopic (exact) mass is 419 g/mol. The van der Waals surface area contributed by atoms with Crippen LogP contribution in [0.25, 0.3) is 0 Å². The third-order valence-electron chi connectivity index (χ3n) is 4.92. The van der Waals surface area contributed by atoms with Gasteiger partial charge in [0.05, 0.1) is 21.7 Å². The standard InChI is InChI=1S/C18H23Cl2N3O2.ClH/c19-13-5-1-6-14(20)16(13)18(25)23-9-3-4-12(11-23)10-22-17(24)15-7-2-8-21-15;/h1,5-6,12,15,21H,2-4,7-11H2,(H,22,24);1H. The molecule has 2 aliphatic heterocycles. The molecule has 8 heteroatoms. The van der Waals surface area contributed by atoms with E-state index >= 15 is 0 Å². The van der Waals surface area contributed by atoms with Gasteiger partial charge in [-0.05, 0) is 50.3 Å². The first kappa shape index (κ1) is 21.3. The normalized spacial score (nSPS) is 22.6. The van der Waals surface area contributed by atoms with Crippen molar-refractivity contribution >= 4 is 47.4 Å². The van der Waals surface area contributed by atoms with Crippen molar-refractivity contribution in [2.45, 2.75) is 31.7 Å². The SMILES string of the molecule is Cl.O=C(NCC1CCCN(C(=O)c2c(Cl)cccc2Cl)C1)C1CCCN1. The number of nitrogens with zero attached hydrogens (tertiary/aromatic N) is 1. The molecule has 0 saturated carbocycles. The van der Waals surface area contributed by atoms with E-state index in [2.05, 4.69) is 10.6 Å². The largest absolute Gasteiger partial charge is 0.354 e. The molecular weight excluding hydrogens is 397 g/mol. The summed E-state index contributed by atoms with van der Waals surface area (Å²) in [5, 5.41) is 6.97. The molecule has 1 aromatic rings. The Hall–Kier alpha value is -1.01. The van der Waals surface area contributed by atoms with Gasteiger partial charge >= 0.3 is 0 Å². The van der Waals surface area contributed by atoms with Crippen LogP contribution in [0.2, 0.25) is 10.0 Å². The fraction of sp³-hybridized carbons (Fsp3) is 0.556. The van der Waals surface area contributed by atoms with Crippen LogP contribution in [0, 0.1) is 5.92 Å². The van der Waals surface area contributed by atoms with E-state index in [1.54, 1.807) is 23.1 Å². The van der Waals surface area contributed by atoms with E-state index < -0.39 is 0 Å². The minimum Gasteiger partial charge on any atom is -0.354 e. The molecule has 2 saturated heterocycles. The fourth-order valence-electron chi connectivity index (χ4n) is 3.55. The molecule has 0 spiro atoms. The molecule has 2 heterocycles. The molecule has 1 aromatic carbocycles. The van der Waals surface area contributed by atoms with Crippen LogP contribution >= 0.6 is 35.6 Å². The maximum absolute atomic E-state index is 12.8. The lowest BCUT2D eigenvalue weighted by Crippen LogP contribution is -2.46. The predicted molar refractivity (Wildman–Crippen MR) is 106 cm³/mol. The summed E-state index contributed by atoms with van der Waals surface area (Å²) in [6, 6.07) is 5.02. The van der Waals surface area contributed by atoms with Crippen molar-refractivity contribution in [3.8, 4) is 0 Å². The minimum absolute atomic E-state index is 0. The maximum atomic E-state index is 12.8. The number of hydrogen-bond donors (Lipinski definition) is 2. The minimum atomic E-state index is -0.135. The summed E-state index contributed by atoms with van der Waals surface area (Å²) in [7, 11) is 0. The lowest BCUT2D eigenvalue weighted by atomic mass is 9.97. The fourth-order valence-corrected chi connectivity index (χ4v) is 4.11. The Morgan fingerprint density at radius 3 is 2.58 bits per heavy atom. The van der Waals surface area contributed by atoms with Gasteiger partial charge in [-0.25, -0.2) is 0 Å². The van der Waals surface area contributed by atoms with E-state index in [-0.39, 0.29) is 36.2 Å². The number of carbonyl (C=O) groups excluding carboxylic acids is 2. The van der Waals surface area contributed by atoms with E-state index in [1.165, 1.54) is 0 Å². The van der Waals surface area contributed by atoms with Crippen LogP contribution in [-0.4, -0.2) is 48.9 Å². The first-order valence-electron chi connectivity index (χ1n) is 8.80. The summed E-state index contributed by atoms with van der Waals surface area (Å²) in [5.41, 5.74) is 0.366. The summed E-state index contributed by atoms with van der Waals surface area (Å²) in [6.45, 7) is 2.80. The molecule has 5 nitrogen and oxygen atoms in total. The highest BCUT2D eigenvalue weighted by molar-refractivity contribution is 6.39. The molecule has 2 atom stereocenters. The van der Waals surface area contributed by atoms with Crippen molar-refractivity contribution in [2.24, 2.45) is 5.92 Å². The number of rotatable bonds is 4. The molecular formula is C18H24Cl3N3O2. The molecule has 26 heavy (non-hydrogen) atoms. The van der Waals surface area contributed by atoms with Gasteiger partial charge in [0.1, 0.15) is 0 Å². The molecule has 2 unspecified atom stereocenters. The Labute approximate surface area is 170 Å². The van der Waals surface area contributed by atoms with Gasteiger partial charge in [-0.1, -0.05) is 29.3 Å². The molecule has 2 N–H and O–H groups in total. The molecule has 2 fully saturated rings. The molecule has 2 amide bonds. The predicted octanol–water partition coefficient (Wildman–Crippen LogP) is 3.14. The number of likely N-dealkylation sites (tertiary alicyclic amines) is 1. The molecule has 144 valence electrons. The van der Waals surface area contributed by atoms with Gasteiger partial charge in [0.25, 0.3) is 5.91 Å². The van der Waals surface area contributed by atoms with Crippen molar-refractivity contribution in [3.05, 3.63) is 33.8 Å². The number of nitrogens with one attached hydrogen (secondary N) is 2. The van der Waals surface area contributed by atoms with Crippen molar-refractivity contribution in [2.75, 3.05) is 26.2 Å². The molecule has 0 aliphatic carbocycles. The third-order valence-corrected chi connectivity index (χ3v) is 5.55. The average molecular weight is 421 g/mol. The van der Waals surface area contributed by atoms with Crippen LogP contribution in [0.4, 0.5) is 0 Å². The zero-order valence-corrected chi connectivity index (χ0v) is 16.8. The number of benzene rings is 1. The van der Waals surface area contributed by atoms with Gasteiger partial charge in [0.2, 0.25) is 5.91 Å². The zero-order chi connectivity index (χ0) is 17.8. The second kappa shape index (κ2) is 9.79. The number of piperidine rings is 1. The molecule has 3 rings (SSSR count). The number of carbonyl (C=O) groups is 2. The van der Waals surface area contributed by atoms with Crippen molar-refractivity contribution in [1.82, 2.24) is 15.5 Å². The van der Waals surface area contributed by atoms with Crippen LogP contribution < -0.4 is 10.6 Å². The van der Waals surface area contributed by atoms with Crippen LogP contribution in [0.15, 0.2) is 18.2 Å². The van der Waals surface area contributed by atoms with Gasteiger partial charge in [0.15, 0.2) is 0 Å². The first-order chi connectivity index (χ1) is 12.1. The molecule has 0 radical (unpaired) electrons. The highest BCUT2D eigenvalue weighted by Gasteiger charge is 2.28. The smallest absolute Gasteiger partial charge is 0.256 e. The summed E-state index contributed by atoms with van der Waals surface area (Å²) >= 11 is 12.3. The summed E-state index contributed by atoms with van der Waals surface area (Å²) in [6.07, 6.45) is 3.85. The number of amides is 2. The Kier molecular flexibility index (Phi) is 8.02. The van der Waals surface area contributed by atoms with Gasteiger partial charge in [-0.3, -0.25) is 9.59 Å². The summed E-state index contributed by atoms with van der Waals surface area (Å²) in [5.74, 6) is 0.184. The van der Waals surface area contributed by atoms with Crippen molar-refractivity contribution in [3.63, 3.8) is 0 Å². The van der Waals surface area contributed by atoms with E-state index in [1.807, 2.05) is 0 Å². The van der Waals surface area contributed by atoms with Crippen LogP contribution in [0.5, 0.6) is 0 Å². The van der Waals surface area contributed by atoms with Gasteiger partial charge in [-0.2, -0.15) is 0 Å². The molecule has 2 aliphatic rings. The Morgan fingerprint density at radius 1 is 1.19 bits per heavy atom. The Balaban J connectivity index is 0.00000243. The van der Waals surface area contributed by atoms with Crippen LogP contribution in [0.3, 0.4) is 0 Å². The summed E-state index contributed by atoms with van der Waals surface area (Å²) < 4.78 is 0. The second-order valence-electron chi connectivity index (χ2n) is 6.75. The van der Waals surface area contributed by atoms with E-state index in [0.29, 0.717) is 35.2 Å². The lowest BCUT2D eigenvalue weighted by Gasteiger charge is -2.33. The quantitative estimate of drug-likeness (QED) is 0.786. The average Bonchev–Trinajstić information content (AvgIpc) is 3.14. The van der Waals surface area contributed by atoms with Crippen LogP contribution in [0.1, 0.15) is 36.0 Å². The molecule has 0 bridgehead atoms. The zero-order valence-electron chi connectivity index (χ0n) is 14.5. The Morgan fingerprint density at radius 2 is 1.92 bits per heavy atom.